The second-order valence-corrected chi connectivity index (χ2v) is 5.98. The number of alkyl halides is 2. The Morgan fingerprint density at radius 2 is 1.95 bits per heavy atom. The summed E-state index contributed by atoms with van der Waals surface area (Å²) in [7, 11) is 0. The lowest BCUT2D eigenvalue weighted by Crippen LogP contribution is -2.23. The number of nitrogens with one attached hydrogen (secondary N) is 2. The Kier molecular flexibility index (Phi) is 2.99. The smallest absolute Gasteiger partial charge is 0.248 e. The molecule has 1 aliphatic rings. The predicted molar refractivity (Wildman–Crippen MR) is 79.8 cm³/mol. The van der Waals surface area contributed by atoms with Crippen LogP contribution in [0, 0.1) is 0 Å². The minimum absolute atomic E-state index is 0.0303. The second-order valence-electron chi connectivity index (χ2n) is 5.98. The van der Waals surface area contributed by atoms with E-state index in [1.165, 1.54) is 0 Å². The molecule has 0 aliphatic heterocycles. The van der Waals surface area contributed by atoms with E-state index in [0.717, 1.165) is 27.7 Å². The Labute approximate surface area is 126 Å². The minimum Gasteiger partial charge on any atom is -0.346 e. The van der Waals surface area contributed by atoms with Gasteiger partial charge in [-0.3, -0.25) is 5.10 Å². The van der Waals surface area contributed by atoms with Crippen molar-refractivity contribution in [3.05, 3.63) is 36.4 Å². The number of rotatable bonds is 2. The summed E-state index contributed by atoms with van der Waals surface area (Å²) in [6, 6.07) is 2.08. The Balaban J connectivity index is 1.70. The van der Waals surface area contributed by atoms with Crippen LogP contribution >= 0.6 is 0 Å². The maximum absolute atomic E-state index is 13.3. The van der Waals surface area contributed by atoms with Crippen LogP contribution in [0.25, 0.3) is 22.2 Å². The first-order valence-electron chi connectivity index (χ1n) is 7.46. The number of hydrogen-bond donors (Lipinski definition) is 2. The van der Waals surface area contributed by atoms with Gasteiger partial charge in [0.2, 0.25) is 5.92 Å². The van der Waals surface area contributed by atoms with E-state index in [0.29, 0.717) is 12.8 Å². The van der Waals surface area contributed by atoms with Gasteiger partial charge >= 0.3 is 0 Å². The molecule has 0 bridgehead atoms. The molecule has 114 valence electrons. The van der Waals surface area contributed by atoms with Crippen molar-refractivity contribution in [2.75, 3.05) is 0 Å². The lowest BCUT2D eigenvalue weighted by Gasteiger charge is -2.28. The Bertz CT molecular complexity index is 782. The number of aromatic nitrogens is 4. The van der Waals surface area contributed by atoms with Gasteiger partial charge in [0.1, 0.15) is 5.65 Å². The van der Waals surface area contributed by atoms with Crippen LogP contribution in [-0.4, -0.2) is 26.1 Å². The van der Waals surface area contributed by atoms with Crippen molar-refractivity contribution in [3.63, 3.8) is 0 Å². The molecule has 0 radical (unpaired) electrons. The van der Waals surface area contributed by atoms with Crippen LogP contribution in [0.2, 0.25) is 0 Å². The van der Waals surface area contributed by atoms with Gasteiger partial charge in [-0.25, -0.2) is 13.8 Å². The molecule has 0 unspecified atom stereocenters. The number of H-pyrrole nitrogens is 2. The molecule has 3 aromatic heterocycles. The van der Waals surface area contributed by atoms with Crippen molar-refractivity contribution in [2.45, 2.75) is 37.5 Å². The molecule has 3 aromatic rings. The normalized spacial score (nSPS) is 18.8. The highest BCUT2D eigenvalue weighted by molar-refractivity contribution is 5.93. The van der Waals surface area contributed by atoms with Crippen LogP contribution in [-0.2, 0) is 0 Å². The van der Waals surface area contributed by atoms with Crippen LogP contribution in [0.3, 0.4) is 0 Å². The molecule has 1 fully saturated rings. The van der Waals surface area contributed by atoms with Crippen molar-refractivity contribution >= 4 is 11.0 Å². The quantitative estimate of drug-likeness (QED) is 0.743. The van der Waals surface area contributed by atoms with E-state index in [1.807, 2.05) is 18.6 Å². The summed E-state index contributed by atoms with van der Waals surface area (Å²) in [4.78, 5) is 7.60. The minimum atomic E-state index is -2.50. The van der Waals surface area contributed by atoms with E-state index in [9.17, 15) is 8.78 Å². The van der Waals surface area contributed by atoms with E-state index >= 15 is 0 Å². The summed E-state index contributed by atoms with van der Waals surface area (Å²) in [6.07, 6.45) is 8.28. The zero-order valence-corrected chi connectivity index (χ0v) is 11.9. The monoisotopic (exact) mass is 302 g/mol. The maximum atomic E-state index is 13.3. The van der Waals surface area contributed by atoms with Gasteiger partial charge in [-0.05, 0) is 30.4 Å². The molecule has 0 amide bonds. The SMILES string of the molecule is FC1(F)CCC(c2cnc3[nH]cc(-c4cn[nH]c4)c3c2)CC1. The molecule has 1 aliphatic carbocycles. The van der Waals surface area contributed by atoms with Crippen LogP contribution in [0.5, 0.6) is 0 Å². The van der Waals surface area contributed by atoms with Crippen molar-refractivity contribution in [1.82, 2.24) is 20.2 Å². The second kappa shape index (κ2) is 4.90. The highest BCUT2D eigenvalue weighted by Gasteiger charge is 2.35. The van der Waals surface area contributed by atoms with Crippen LogP contribution < -0.4 is 0 Å². The molecular formula is C16H16F2N4. The molecule has 0 saturated heterocycles. The van der Waals surface area contributed by atoms with Gasteiger partial charge in [-0.15, -0.1) is 0 Å². The predicted octanol–water partition coefficient (Wildman–Crippen LogP) is 4.25. The lowest BCUT2D eigenvalue weighted by molar-refractivity contribution is -0.0382. The molecule has 2 N–H and O–H groups in total. The summed E-state index contributed by atoms with van der Waals surface area (Å²) in [5.41, 5.74) is 3.87. The van der Waals surface area contributed by atoms with Crippen LogP contribution in [0.15, 0.2) is 30.9 Å². The largest absolute Gasteiger partial charge is 0.346 e. The standard InChI is InChI=1S/C16H16F2N4/c17-16(18)3-1-10(2-4-16)11-5-13-14(12-7-21-22-8-12)9-20-15(13)19-6-11/h5-10H,1-4H2,(H,19,20)(H,21,22). The molecule has 22 heavy (non-hydrogen) atoms. The third-order valence-corrected chi connectivity index (χ3v) is 4.55. The average molecular weight is 302 g/mol. The molecule has 0 aromatic carbocycles. The van der Waals surface area contributed by atoms with E-state index in [2.05, 4.69) is 26.2 Å². The summed E-state index contributed by atoms with van der Waals surface area (Å²) in [6.45, 7) is 0. The Hall–Kier alpha value is -2.24. The van der Waals surface area contributed by atoms with Gasteiger partial charge in [0.15, 0.2) is 0 Å². The van der Waals surface area contributed by atoms with E-state index < -0.39 is 5.92 Å². The Morgan fingerprint density at radius 3 is 2.68 bits per heavy atom. The molecular weight excluding hydrogens is 286 g/mol. The van der Waals surface area contributed by atoms with Gasteiger partial charge in [0.25, 0.3) is 0 Å². The Morgan fingerprint density at radius 1 is 1.14 bits per heavy atom. The number of aromatic amines is 2. The third kappa shape index (κ3) is 2.28. The molecule has 3 heterocycles. The maximum Gasteiger partial charge on any atom is 0.248 e. The third-order valence-electron chi connectivity index (χ3n) is 4.55. The lowest BCUT2D eigenvalue weighted by atomic mass is 9.82. The van der Waals surface area contributed by atoms with Gasteiger partial charge < -0.3 is 4.98 Å². The first-order chi connectivity index (χ1) is 10.6. The van der Waals surface area contributed by atoms with Gasteiger partial charge in [0, 0.05) is 47.9 Å². The number of nitrogens with zero attached hydrogens (tertiary/aromatic N) is 2. The van der Waals surface area contributed by atoms with Crippen molar-refractivity contribution in [1.29, 1.82) is 0 Å². The van der Waals surface area contributed by atoms with Gasteiger partial charge in [-0.2, -0.15) is 5.10 Å². The topological polar surface area (TPSA) is 57.4 Å². The zero-order valence-electron chi connectivity index (χ0n) is 11.9. The first kappa shape index (κ1) is 13.4. The summed E-state index contributed by atoms with van der Waals surface area (Å²) >= 11 is 0. The van der Waals surface area contributed by atoms with Crippen LogP contribution in [0.1, 0.15) is 37.2 Å². The van der Waals surface area contributed by atoms with Crippen LogP contribution in [0.4, 0.5) is 8.78 Å². The number of hydrogen-bond acceptors (Lipinski definition) is 2. The fraction of sp³-hybridized carbons (Fsp3) is 0.375. The summed E-state index contributed by atoms with van der Waals surface area (Å²) < 4.78 is 26.6. The van der Waals surface area contributed by atoms with E-state index in [1.54, 1.807) is 6.20 Å². The van der Waals surface area contributed by atoms with Crippen molar-refractivity contribution < 1.29 is 8.78 Å². The van der Waals surface area contributed by atoms with Gasteiger partial charge in [0.05, 0.1) is 6.20 Å². The summed E-state index contributed by atoms with van der Waals surface area (Å²) in [5, 5.41) is 7.78. The van der Waals surface area contributed by atoms with E-state index in [-0.39, 0.29) is 18.8 Å². The molecule has 4 nitrogen and oxygen atoms in total. The fourth-order valence-corrected chi connectivity index (χ4v) is 3.25. The molecule has 0 atom stereocenters. The number of halogens is 2. The average Bonchev–Trinajstić information content (AvgIpc) is 3.15. The first-order valence-corrected chi connectivity index (χ1v) is 7.46. The number of fused-ring (bicyclic) bond motifs is 1. The van der Waals surface area contributed by atoms with E-state index in [4.69, 9.17) is 0 Å². The summed E-state index contributed by atoms with van der Waals surface area (Å²) in [5.74, 6) is -2.33. The fourth-order valence-electron chi connectivity index (χ4n) is 3.25. The van der Waals surface area contributed by atoms with Gasteiger partial charge in [-0.1, -0.05) is 0 Å². The molecule has 0 spiro atoms. The highest BCUT2D eigenvalue weighted by atomic mass is 19.3. The zero-order chi connectivity index (χ0) is 15.2. The number of pyridine rings is 1. The van der Waals surface area contributed by atoms with Crippen molar-refractivity contribution in [3.8, 4) is 11.1 Å². The molecule has 4 rings (SSSR count). The highest BCUT2D eigenvalue weighted by Crippen LogP contribution is 2.41. The molecule has 6 heteroatoms. The molecule has 1 saturated carbocycles. The van der Waals surface area contributed by atoms with Crippen molar-refractivity contribution in [2.24, 2.45) is 0 Å².